The zero-order valence-electron chi connectivity index (χ0n) is 17.5. The van der Waals surface area contributed by atoms with Crippen molar-refractivity contribution in [2.75, 3.05) is 13.1 Å². The molecule has 1 unspecified atom stereocenters. The number of benzene rings is 1. The number of piperidine rings is 1. The van der Waals surface area contributed by atoms with Crippen LogP contribution < -0.4 is 0 Å². The Balaban J connectivity index is 1.76. The van der Waals surface area contributed by atoms with Gasteiger partial charge in [0.2, 0.25) is 10.0 Å². The largest absolute Gasteiger partial charge is 0.243 e. The van der Waals surface area contributed by atoms with Crippen molar-refractivity contribution in [3.8, 4) is 0 Å². The highest BCUT2D eigenvalue weighted by Gasteiger charge is 2.32. The van der Waals surface area contributed by atoms with Crippen LogP contribution in [0.5, 0.6) is 0 Å². The predicted octanol–water partition coefficient (Wildman–Crippen LogP) is 4.60. The summed E-state index contributed by atoms with van der Waals surface area (Å²) in [5.41, 5.74) is 1.14. The highest BCUT2D eigenvalue weighted by atomic mass is 32.2. The average molecular weight is 422 g/mol. The molecule has 1 fully saturated rings. The van der Waals surface area contributed by atoms with Gasteiger partial charge in [0, 0.05) is 25.4 Å². The molecule has 1 aromatic carbocycles. The number of hydrogen-bond donors (Lipinski definition) is 0. The Morgan fingerprint density at radius 2 is 1.86 bits per heavy atom. The van der Waals surface area contributed by atoms with E-state index in [1.54, 1.807) is 27.8 Å². The Bertz CT molecular complexity index is 896. The highest BCUT2D eigenvalue weighted by Crippen LogP contribution is 2.33. The van der Waals surface area contributed by atoms with Gasteiger partial charge in [0.1, 0.15) is 10.0 Å². The Kier molecular flexibility index (Phi) is 6.27. The van der Waals surface area contributed by atoms with E-state index >= 15 is 0 Å². The summed E-state index contributed by atoms with van der Waals surface area (Å²) in [6, 6.07) is 7.34. The van der Waals surface area contributed by atoms with Crippen LogP contribution in [0.4, 0.5) is 0 Å². The maximum Gasteiger partial charge on any atom is 0.243 e. The van der Waals surface area contributed by atoms with E-state index in [9.17, 15) is 8.42 Å². The van der Waals surface area contributed by atoms with Gasteiger partial charge < -0.3 is 0 Å². The van der Waals surface area contributed by atoms with Crippen LogP contribution in [0.25, 0.3) is 0 Å². The maximum atomic E-state index is 13.2. The van der Waals surface area contributed by atoms with E-state index < -0.39 is 10.0 Å². The standard InChI is InChI=1S/C21H31N3O2S2/c1-15(2)13-19-22-23-20(27-19)16-7-6-12-24(14-16)28(25,26)18-10-8-17(9-11-18)21(3,4)5/h8-11,15-16H,6-7,12-14H2,1-5H3. The molecule has 7 heteroatoms. The highest BCUT2D eigenvalue weighted by molar-refractivity contribution is 7.89. The lowest BCUT2D eigenvalue weighted by atomic mass is 9.87. The molecule has 1 aromatic heterocycles. The van der Waals surface area contributed by atoms with Crippen LogP contribution in [0.3, 0.4) is 0 Å². The lowest BCUT2D eigenvalue weighted by Crippen LogP contribution is -2.39. The number of hydrogen-bond acceptors (Lipinski definition) is 5. The first-order valence-corrected chi connectivity index (χ1v) is 12.3. The summed E-state index contributed by atoms with van der Waals surface area (Å²) in [7, 11) is -3.49. The van der Waals surface area contributed by atoms with Gasteiger partial charge in [-0.05, 0) is 41.9 Å². The topological polar surface area (TPSA) is 63.2 Å². The van der Waals surface area contributed by atoms with Crippen molar-refractivity contribution in [3.05, 3.63) is 39.8 Å². The number of rotatable bonds is 5. The van der Waals surface area contributed by atoms with Crippen LogP contribution in [-0.2, 0) is 21.9 Å². The van der Waals surface area contributed by atoms with Gasteiger partial charge in [0.15, 0.2) is 0 Å². The summed E-state index contributed by atoms with van der Waals surface area (Å²) in [4.78, 5) is 0.374. The molecule has 0 aliphatic carbocycles. The molecular weight excluding hydrogens is 390 g/mol. The van der Waals surface area contributed by atoms with E-state index in [1.807, 2.05) is 12.1 Å². The van der Waals surface area contributed by atoms with Gasteiger partial charge in [-0.3, -0.25) is 0 Å². The summed E-state index contributed by atoms with van der Waals surface area (Å²) in [5.74, 6) is 0.677. The van der Waals surface area contributed by atoms with Gasteiger partial charge in [0.05, 0.1) is 4.90 Å². The van der Waals surface area contributed by atoms with Crippen molar-refractivity contribution in [2.24, 2.45) is 5.92 Å². The van der Waals surface area contributed by atoms with Crippen molar-refractivity contribution >= 4 is 21.4 Å². The van der Waals surface area contributed by atoms with Gasteiger partial charge in [-0.15, -0.1) is 21.5 Å². The summed E-state index contributed by atoms with van der Waals surface area (Å²) < 4.78 is 28.0. The van der Waals surface area contributed by atoms with Crippen LogP contribution in [-0.4, -0.2) is 36.0 Å². The normalized spacial score (nSPS) is 19.3. The third-order valence-corrected chi connectivity index (χ3v) is 8.14. The zero-order chi connectivity index (χ0) is 20.5. The summed E-state index contributed by atoms with van der Waals surface area (Å²) in [6.07, 6.45) is 2.74. The molecule has 2 heterocycles. The Morgan fingerprint density at radius 1 is 1.18 bits per heavy atom. The van der Waals surface area contributed by atoms with Gasteiger partial charge in [0.25, 0.3) is 0 Å². The molecule has 0 bridgehead atoms. The van der Waals surface area contributed by atoms with Gasteiger partial charge >= 0.3 is 0 Å². The molecule has 1 atom stereocenters. The van der Waals surface area contributed by atoms with E-state index in [1.165, 1.54) is 0 Å². The molecule has 3 rings (SSSR count). The number of sulfonamides is 1. The van der Waals surface area contributed by atoms with Crippen LogP contribution in [0, 0.1) is 5.92 Å². The molecule has 1 aliphatic rings. The van der Waals surface area contributed by atoms with Crippen molar-refractivity contribution in [2.45, 2.75) is 70.1 Å². The molecule has 1 aliphatic heterocycles. The Morgan fingerprint density at radius 3 is 2.46 bits per heavy atom. The van der Waals surface area contributed by atoms with Crippen molar-refractivity contribution in [3.63, 3.8) is 0 Å². The third-order valence-electron chi connectivity index (χ3n) is 5.16. The first-order chi connectivity index (χ1) is 13.1. The summed E-state index contributed by atoms with van der Waals surface area (Å²) >= 11 is 1.64. The van der Waals surface area contributed by atoms with E-state index in [0.29, 0.717) is 23.9 Å². The van der Waals surface area contributed by atoms with Crippen molar-refractivity contribution in [1.82, 2.24) is 14.5 Å². The zero-order valence-corrected chi connectivity index (χ0v) is 19.1. The quantitative estimate of drug-likeness (QED) is 0.708. The molecular formula is C21H31N3O2S2. The van der Waals surface area contributed by atoms with Crippen LogP contribution in [0.2, 0.25) is 0 Å². The second-order valence-corrected chi connectivity index (χ2v) is 12.1. The molecule has 0 N–H and O–H groups in total. The molecule has 0 radical (unpaired) electrons. The molecule has 0 saturated carbocycles. The monoisotopic (exact) mass is 421 g/mol. The Labute approximate surface area is 173 Å². The fourth-order valence-electron chi connectivity index (χ4n) is 3.50. The summed E-state index contributed by atoms with van der Waals surface area (Å²) in [5, 5.41) is 10.7. The van der Waals surface area contributed by atoms with Crippen LogP contribution >= 0.6 is 11.3 Å². The number of aromatic nitrogens is 2. The van der Waals surface area contributed by atoms with Crippen LogP contribution in [0.15, 0.2) is 29.2 Å². The molecule has 5 nitrogen and oxygen atoms in total. The van der Waals surface area contributed by atoms with Crippen LogP contribution in [0.1, 0.15) is 69.0 Å². The number of nitrogens with zero attached hydrogens (tertiary/aromatic N) is 3. The summed E-state index contributed by atoms with van der Waals surface area (Å²) in [6.45, 7) is 11.8. The second-order valence-electron chi connectivity index (χ2n) is 9.11. The van der Waals surface area contributed by atoms with E-state index in [2.05, 4.69) is 44.8 Å². The average Bonchev–Trinajstić information content (AvgIpc) is 3.09. The van der Waals surface area contributed by atoms with Gasteiger partial charge in [-0.25, -0.2) is 8.42 Å². The van der Waals surface area contributed by atoms with E-state index in [4.69, 9.17) is 0 Å². The SMILES string of the molecule is CC(C)Cc1nnc(C2CCCN(S(=O)(=O)c3ccc(C(C)(C)C)cc3)C2)s1. The lowest BCUT2D eigenvalue weighted by molar-refractivity contribution is 0.314. The van der Waals surface area contributed by atoms with Gasteiger partial charge in [-0.1, -0.05) is 46.8 Å². The molecule has 28 heavy (non-hydrogen) atoms. The fourth-order valence-corrected chi connectivity index (χ4v) is 6.21. The van der Waals surface area contributed by atoms with E-state index in [-0.39, 0.29) is 11.3 Å². The minimum atomic E-state index is -3.49. The minimum Gasteiger partial charge on any atom is -0.207 e. The van der Waals surface area contributed by atoms with Gasteiger partial charge in [-0.2, -0.15) is 4.31 Å². The minimum absolute atomic E-state index is 0.00401. The maximum absolute atomic E-state index is 13.2. The lowest BCUT2D eigenvalue weighted by Gasteiger charge is -2.31. The second kappa shape index (κ2) is 8.20. The van der Waals surface area contributed by atoms with Crippen molar-refractivity contribution in [1.29, 1.82) is 0 Å². The first-order valence-electron chi connectivity index (χ1n) is 10.0. The van der Waals surface area contributed by atoms with Crippen molar-refractivity contribution < 1.29 is 8.42 Å². The Hall–Kier alpha value is -1.31. The third kappa shape index (κ3) is 4.81. The predicted molar refractivity (Wildman–Crippen MR) is 114 cm³/mol. The fraction of sp³-hybridized carbons (Fsp3) is 0.619. The van der Waals surface area contributed by atoms with E-state index in [0.717, 1.165) is 34.8 Å². The first kappa shape index (κ1) is 21.4. The molecule has 154 valence electrons. The molecule has 0 amide bonds. The molecule has 1 saturated heterocycles. The smallest absolute Gasteiger partial charge is 0.207 e. The molecule has 0 spiro atoms. The molecule has 2 aromatic rings.